The third-order valence-electron chi connectivity index (χ3n) is 5.08. The SMILES string of the molecule is CCOC(=O)c1ccc2c(c1)[C@H]1C=CC[C@@H]1[C@H](c1cccc(Br)c1)N2. The molecule has 1 aliphatic carbocycles. The second-order valence-corrected chi connectivity index (χ2v) is 7.47. The molecule has 0 saturated carbocycles. The zero-order valence-corrected chi connectivity index (χ0v) is 15.6. The third-order valence-corrected chi connectivity index (χ3v) is 5.57. The molecule has 2 aromatic carbocycles. The van der Waals surface area contributed by atoms with Crippen LogP contribution in [0.3, 0.4) is 0 Å². The number of hydrogen-bond acceptors (Lipinski definition) is 3. The first-order valence-electron chi connectivity index (χ1n) is 8.67. The Labute approximate surface area is 156 Å². The van der Waals surface area contributed by atoms with Crippen molar-refractivity contribution >= 4 is 27.6 Å². The molecule has 0 aromatic heterocycles. The maximum atomic E-state index is 12.1. The van der Waals surface area contributed by atoms with E-state index < -0.39 is 0 Å². The summed E-state index contributed by atoms with van der Waals surface area (Å²) in [6.07, 6.45) is 5.58. The van der Waals surface area contributed by atoms with Crippen LogP contribution >= 0.6 is 15.9 Å². The highest BCUT2D eigenvalue weighted by Crippen LogP contribution is 2.50. The Hall–Kier alpha value is -2.07. The van der Waals surface area contributed by atoms with E-state index in [1.807, 2.05) is 25.1 Å². The standard InChI is InChI=1S/C21H20BrNO2/c1-2-25-21(24)14-9-10-19-18(12-14)16-7-4-8-17(16)20(23-19)13-5-3-6-15(22)11-13/h3-7,9-12,16-17,20,23H,2,8H2,1H3/t16-,17-,20-/m0/s1. The Morgan fingerprint density at radius 1 is 1.28 bits per heavy atom. The van der Waals surface area contributed by atoms with Gasteiger partial charge in [0.05, 0.1) is 18.2 Å². The highest BCUT2D eigenvalue weighted by Gasteiger charge is 2.38. The lowest BCUT2D eigenvalue weighted by Crippen LogP contribution is -2.29. The van der Waals surface area contributed by atoms with E-state index in [1.165, 1.54) is 11.1 Å². The Morgan fingerprint density at radius 3 is 2.96 bits per heavy atom. The topological polar surface area (TPSA) is 38.3 Å². The van der Waals surface area contributed by atoms with Crippen LogP contribution in [0.15, 0.2) is 59.1 Å². The second kappa shape index (κ2) is 6.68. The predicted octanol–water partition coefficient (Wildman–Crippen LogP) is 5.45. The van der Waals surface area contributed by atoms with Gasteiger partial charge in [0.25, 0.3) is 0 Å². The molecule has 1 heterocycles. The molecule has 3 atom stereocenters. The fourth-order valence-corrected chi connectivity index (χ4v) is 4.38. The number of ether oxygens (including phenoxy) is 1. The normalized spacial score (nSPS) is 23.5. The number of carbonyl (C=O) groups is 1. The first-order valence-corrected chi connectivity index (χ1v) is 9.46. The number of nitrogens with one attached hydrogen (secondary N) is 1. The van der Waals surface area contributed by atoms with Crippen LogP contribution in [0.4, 0.5) is 5.69 Å². The number of halogens is 1. The van der Waals surface area contributed by atoms with E-state index >= 15 is 0 Å². The van der Waals surface area contributed by atoms with Crippen LogP contribution in [-0.4, -0.2) is 12.6 Å². The molecular formula is C21H20BrNO2. The van der Waals surface area contributed by atoms with Crippen molar-refractivity contribution in [2.45, 2.75) is 25.3 Å². The summed E-state index contributed by atoms with van der Waals surface area (Å²) in [6.45, 7) is 2.22. The lowest BCUT2D eigenvalue weighted by molar-refractivity contribution is 0.0526. The van der Waals surface area contributed by atoms with E-state index in [0.29, 0.717) is 24.0 Å². The fraction of sp³-hybridized carbons (Fsp3) is 0.286. The summed E-state index contributed by atoms with van der Waals surface area (Å²) in [5.41, 5.74) is 4.21. The average Bonchev–Trinajstić information content (AvgIpc) is 3.11. The zero-order valence-electron chi connectivity index (χ0n) is 14.0. The Balaban J connectivity index is 1.72. The summed E-state index contributed by atoms with van der Waals surface area (Å²) in [5, 5.41) is 3.70. The molecule has 4 heteroatoms. The number of anilines is 1. The molecule has 4 rings (SSSR count). The first kappa shape index (κ1) is 16.4. The van der Waals surface area contributed by atoms with Crippen LogP contribution in [0.5, 0.6) is 0 Å². The molecule has 0 unspecified atom stereocenters. The predicted molar refractivity (Wildman–Crippen MR) is 103 cm³/mol. The van der Waals surface area contributed by atoms with Crippen molar-refractivity contribution in [2.75, 3.05) is 11.9 Å². The average molecular weight is 398 g/mol. The van der Waals surface area contributed by atoms with Gasteiger partial charge in [-0.2, -0.15) is 0 Å². The van der Waals surface area contributed by atoms with Crippen molar-refractivity contribution in [3.63, 3.8) is 0 Å². The fourth-order valence-electron chi connectivity index (χ4n) is 3.97. The molecule has 3 nitrogen and oxygen atoms in total. The molecule has 2 aliphatic rings. The lowest BCUT2D eigenvalue weighted by atomic mass is 9.76. The first-order chi connectivity index (χ1) is 12.2. The summed E-state index contributed by atoms with van der Waals surface area (Å²) < 4.78 is 6.25. The summed E-state index contributed by atoms with van der Waals surface area (Å²) in [6, 6.07) is 14.6. The van der Waals surface area contributed by atoms with Gasteiger partial charge >= 0.3 is 5.97 Å². The number of fused-ring (bicyclic) bond motifs is 3. The molecule has 1 N–H and O–H groups in total. The quantitative estimate of drug-likeness (QED) is 0.552. The molecular weight excluding hydrogens is 378 g/mol. The summed E-state index contributed by atoms with van der Waals surface area (Å²) in [5.74, 6) is 0.534. The van der Waals surface area contributed by atoms with Crippen LogP contribution < -0.4 is 5.32 Å². The zero-order chi connectivity index (χ0) is 17.4. The third kappa shape index (κ3) is 2.99. The van der Waals surface area contributed by atoms with Gasteiger partial charge in [0.2, 0.25) is 0 Å². The van der Waals surface area contributed by atoms with Gasteiger partial charge in [-0.15, -0.1) is 0 Å². The van der Waals surface area contributed by atoms with Crippen molar-refractivity contribution < 1.29 is 9.53 Å². The summed E-state index contributed by atoms with van der Waals surface area (Å²) in [4.78, 5) is 12.1. The number of carbonyl (C=O) groups excluding carboxylic acids is 1. The highest BCUT2D eigenvalue weighted by molar-refractivity contribution is 9.10. The largest absolute Gasteiger partial charge is 0.462 e. The van der Waals surface area contributed by atoms with Crippen LogP contribution in [0.1, 0.15) is 46.8 Å². The Morgan fingerprint density at radius 2 is 2.16 bits per heavy atom. The molecule has 2 aromatic rings. The van der Waals surface area contributed by atoms with Crippen molar-refractivity contribution in [1.82, 2.24) is 0 Å². The van der Waals surface area contributed by atoms with E-state index in [2.05, 4.69) is 57.7 Å². The monoisotopic (exact) mass is 397 g/mol. The van der Waals surface area contributed by atoms with Gasteiger partial charge < -0.3 is 10.1 Å². The molecule has 1 aliphatic heterocycles. The van der Waals surface area contributed by atoms with E-state index in [9.17, 15) is 4.79 Å². The van der Waals surface area contributed by atoms with Gasteiger partial charge in [0.1, 0.15) is 0 Å². The van der Waals surface area contributed by atoms with Gasteiger partial charge in [-0.3, -0.25) is 0 Å². The smallest absolute Gasteiger partial charge is 0.338 e. The molecule has 25 heavy (non-hydrogen) atoms. The van der Waals surface area contributed by atoms with Crippen molar-refractivity contribution in [3.8, 4) is 0 Å². The van der Waals surface area contributed by atoms with E-state index in [1.54, 1.807) is 0 Å². The number of benzene rings is 2. The van der Waals surface area contributed by atoms with E-state index in [-0.39, 0.29) is 12.0 Å². The van der Waals surface area contributed by atoms with Crippen LogP contribution in [0.25, 0.3) is 0 Å². The minimum absolute atomic E-state index is 0.252. The van der Waals surface area contributed by atoms with Crippen LogP contribution in [0.2, 0.25) is 0 Å². The second-order valence-electron chi connectivity index (χ2n) is 6.55. The Kier molecular flexibility index (Phi) is 4.38. The van der Waals surface area contributed by atoms with E-state index in [4.69, 9.17) is 4.74 Å². The molecule has 0 radical (unpaired) electrons. The number of allylic oxidation sites excluding steroid dienone is 2. The molecule has 0 amide bonds. The van der Waals surface area contributed by atoms with Gasteiger partial charge in [0.15, 0.2) is 0 Å². The molecule has 0 fully saturated rings. The van der Waals surface area contributed by atoms with Gasteiger partial charge in [-0.1, -0.05) is 40.2 Å². The molecule has 0 saturated heterocycles. The number of rotatable bonds is 3. The maximum absolute atomic E-state index is 12.1. The van der Waals surface area contributed by atoms with Gasteiger partial charge in [-0.25, -0.2) is 4.79 Å². The van der Waals surface area contributed by atoms with Crippen LogP contribution in [0, 0.1) is 5.92 Å². The number of esters is 1. The Bertz CT molecular complexity index is 846. The minimum Gasteiger partial charge on any atom is -0.462 e. The summed E-state index contributed by atoms with van der Waals surface area (Å²) in [7, 11) is 0. The maximum Gasteiger partial charge on any atom is 0.338 e. The van der Waals surface area contributed by atoms with Crippen LogP contribution in [-0.2, 0) is 4.74 Å². The summed E-state index contributed by atoms with van der Waals surface area (Å²) >= 11 is 3.58. The highest BCUT2D eigenvalue weighted by atomic mass is 79.9. The van der Waals surface area contributed by atoms with E-state index in [0.717, 1.165) is 16.6 Å². The molecule has 0 bridgehead atoms. The van der Waals surface area contributed by atoms with Crippen molar-refractivity contribution in [2.24, 2.45) is 5.92 Å². The minimum atomic E-state index is -0.252. The number of hydrogen-bond donors (Lipinski definition) is 1. The van der Waals surface area contributed by atoms with Crippen molar-refractivity contribution in [3.05, 3.63) is 75.8 Å². The van der Waals surface area contributed by atoms with Gasteiger partial charge in [-0.05, 0) is 60.7 Å². The van der Waals surface area contributed by atoms with Crippen molar-refractivity contribution in [1.29, 1.82) is 0 Å². The molecule has 128 valence electrons. The van der Waals surface area contributed by atoms with Gasteiger partial charge in [0, 0.05) is 16.1 Å². The lowest BCUT2D eigenvalue weighted by Gasteiger charge is -2.37. The molecule has 0 spiro atoms.